The Morgan fingerprint density at radius 3 is 2.94 bits per heavy atom. The van der Waals surface area contributed by atoms with Gasteiger partial charge in [-0.15, -0.1) is 0 Å². The highest BCUT2D eigenvalue weighted by Gasteiger charge is 2.11. The predicted octanol–water partition coefficient (Wildman–Crippen LogP) is 2.20. The summed E-state index contributed by atoms with van der Waals surface area (Å²) in [6.45, 7) is 1.63. The number of Topliss-reactive ketones (excluding diaryl/α,β-unsaturated/α-hetero) is 1. The van der Waals surface area contributed by atoms with Crippen molar-refractivity contribution in [3.63, 3.8) is 0 Å². The third kappa shape index (κ3) is 2.59. The molecular formula is C14H19N3O. The van der Waals surface area contributed by atoms with E-state index in [0.29, 0.717) is 6.42 Å². The van der Waals surface area contributed by atoms with Gasteiger partial charge in [-0.2, -0.15) is 0 Å². The van der Waals surface area contributed by atoms with Gasteiger partial charge in [0.05, 0.1) is 17.4 Å². The molecule has 0 bridgehead atoms. The van der Waals surface area contributed by atoms with Gasteiger partial charge in [-0.3, -0.25) is 0 Å². The lowest BCUT2D eigenvalue weighted by atomic mass is 10.0. The van der Waals surface area contributed by atoms with E-state index in [1.54, 1.807) is 6.92 Å². The second kappa shape index (κ2) is 5.31. The second-order valence-electron chi connectivity index (χ2n) is 4.69. The fourth-order valence-electron chi connectivity index (χ4n) is 2.20. The molecule has 1 unspecified atom stereocenters. The van der Waals surface area contributed by atoms with Crippen LogP contribution in [0, 0.1) is 0 Å². The van der Waals surface area contributed by atoms with E-state index in [-0.39, 0.29) is 11.8 Å². The third-order valence-electron chi connectivity index (χ3n) is 3.29. The molecule has 0 aliphatic heterocycles. The lowest BCUT2D eigenvalue weighted by Gasteiger charge is -2.15. The Balaban J connectivity index is 2.25. The molecule has 0 radical (unpaired) electrons. The van der Waals surface area contributed by atoms with Crippen LogP contribution in [-0.2, 0) is 11.8 Å². The van der Waals surface area contributed by atoms with E-state index >= 15 is 0 Å². The fourth-order valence-corrected chi connectivity index (χ4v) is 2.20. The number of aryl methyl sites for hydroxylation is 1. The molecule has 96 valence electrons. The number of rotatable bonds is 5. The van der Waals surface area contributed by atoms with Crippen LogP contribution < -0.4 is 5.32 Å². The van der Waals surface area contributed by atoms with Crippen LogP contribution in [0.3, 0.4) is 0 Å². The van der Waals surface area contributed by atoms with Crippen LogP contribution in [0.1, 0.15) is 31.4 Å². The molecule has 0 spiro atoms. The first kappa shape index (κ1) is 12.8. The van der Waals surface area contributed by atoms with Crippen LogP contribution in [0.15, 0.2) is 24.5 Å². The number of carbonyl (C=O) groups is 1. The molecule has 0 aliphatic carbocycles. The number of hydrogen-bond acceptors (Lipinski definition) is 3. The van der Waals surface area contributed by atoms with E-state index in [1.807, 2.05) is 25.0 Å². The van der Waals surface area contributed by atoms with E-state index in [9.17, 15) is 4.79 Å². The molecule has 1 heterocycles. The number of imidazole rings is 1. The highest BCUT2D eigenvalue weighted by molar-refractivity contribution is 5.76. The molecule has 0 saturated carbocycles. The monoisotopic (exact) mass is 245 g/mol. The van der Waals surface area contributed by atoms with Gasteiger partial charge in [-0.1, -0.05) is 6.07 Å². The minimum absolute atomic E-state index is 0.209. The van der Waals surface area contributed by atoms with Gasteiger partial charge in [0.1, 0.15) is 5.78 Å². The molecule has 4 nitrogen and oxygen atoms in total. The number of nitrogens with one attached hydrogen (secondary N) is 1. The van der Waals surface area contributed by atoms with Crippen molar-refractivity contribution < 1.29 is 4.79 Å². The van der Waals surface area contributed by atoms with Gasteiger partial charge in [-0.05, 0) is 38.1 Å². The van der Waals surface area contributed by atoms with Crippen molar-refractivity contribution in [1.82, 2.24) is 14.9 Å². The number of benzene rings is 1. The standard InChI is InChI=1S/C14H19N3O/c1-10(18)4-6-12(15-2)11-5-7-14-13(8-11)16-9-17(14)3/h5,7-9,12,15H,4,6H2,1-3H3. The Morgan fingerprint density at radius 1 is 1.50 bits per heavy atom. The average Bonchev–Trinajstić information content (AvgIpc) is 2.71. The average molecular weight is 245 g/mol. The van der Waals surface area contributed by atoms with Crippen LogP contribution in [0.4, 0.5) is 0 Å². The maximum absolute atomic E-state index is 11.1. The Bertz CT molecular complexity index is 559. The SMILES string of the molecule is CNC(CCC(C)=O)c1ccc2c(c1)ncn2C. The third-order valence-corrected chi connectivity index (χ3v) is 3.29. The van der Waals surface area contributed by atoms with Gasteiger partial charge in [0.15, 0.2) is 0 Å². The van der Waals surface area contributed by atoms with Gasteiger partial charge in [0.25, 0.3) is 0 Å². The molecule has 2 aromatic rings. The molecule has 0 amide bonds. The Kier molecular flexibility index (Phi) is 3.77. The van der Waals surface area contributed by atoms with Crippen molar-refractivity contribution >= 4 is 16.8 Å². The smallest absolute Gasteiger partial charge is 0.129 e. The summed E-state index contributed by atoms with van der Waals surface area (Å²) in [7, 11) is 3.91. The summed E-state index contributed by atoms with van der Waals surface area (Å²) in [5, 5.41) is 3.26. The summed E-state index contributed by atoms with van der Waals surface area (Å²) in [6.07, 6.45) is 3.24. The van der Waals surface area contributed by atoms with E-state index in [1.165, 1.54) is 5.56 Å². The number of ketones is 1. The molecule has 1 aromatic heterocycles. The number of fused-ring (bicyclic) bond motifs is 1. The van der Waals surface area contributed by atoms with Gasteiger partial charge < -0.3 is 14.7 Å². The Hall–Kier alpha value is -1.68. The first-order chi connectivity index (χ1) is 8.61. The van der Waals surface area contributed by atoms with Crippen molar-refractivity contribution in [2.45, 2.75) is 25.8 Å². The molecule has 1 atom stereocenters. The number of hydrogen-bond donors (Lipinski definition) is 1. The molecule has 0 fully saturated rings. The summed E-state index contributed by atoms with van der Waals surface area (Å²) in [5.74, 6) is 0.231. The van der Waals surface area contributed by atoms with E-state index in [0.717, 1.165) is 17.5 Å². The largest absolute Gasteiger partial charge is 0.334 e. The molecule has 0 saturated heterocycles. The Labute approximate surface area is 107 Å². The van der Waals surface area contributed by atoms with Crippen LogP contribution in [0.2, 0.25) is 0 Å². The maximum atomic E-state index is 11.1. The topological polar surface area (TPSA) is 46.9 Å². The first-order valence-corrected chi connectivity index (χ1v) is 6.19. The minimum atomic E-state index is 0.209. The summed E-state index contributed by atoms with van der Waals surface area (Å²) in [5.41, 5.74) is 3.31. The zero-order valence-electron chi connectivity index (χ0n) is 11.1. The number of aromatic nitrogens is 2. The molecule has 1 N–H and O–H groups in total. The van der Waals surface area contributed by atoms with Crippen molar-refractivity contribution in [2.75, 3.05) is 7.05 Å². The van der Waals surface area contributed by atoms with Crippen LogP contribution in [0.25, 0.3) is 11.0 Å². The molecule has 0 aliphatic rings. The van der Waals surface area contributed by atoms with Crippen molar-refractivity contribution in [1.29, 1.82) is 0 Å². The van der Waals surface area contributed by atoms with E-state index < -0.39 is 0 Å². The van der Waals surface area contributed by atoms with Gasteiger partial charge in [0, 0.05) is 19.5 Å². The normalized spacial score (nSPS) is 12.8. The van der Waals surface area contributed by atoms with Gasteiger partial charge in [0.2, 0.25) is 0 Å². The maximum Gasteiger partial charge on any atom is 0.129 e. The van der Waals surface area contributed by atoms with Crippen LogP contribution >= 0.6 is 0 Å². The fraction of sp³-hybridized carbons (Fsp3) is 0.429. The number of nitrogens with zero attached hydrogens (tertiary/aromatic N) is 2. The first-order valence-electron chi connectivity index (χ1n) is 6.19. The summed E-state index contributed by atoms with van der Waals surface area (Å²) >= 11 is 0. The molecule has 4 heteroatoms. The highest BCUT2D eigenvalue weighted by Crippen LogP contribution is 2.22. The molecule has 2 rings (SSSR count). The zero-order valence-corrected chi connectivity index (χ0v) is 11.1. The lowest BCUT2D eigenvalue weighted by molar-refractivity contribution is -0.117. The second-order valence-corrected chi connectivity index (χ2v) is 4.69. The Morgan fingerprint density at radius 2 is 2.28 bits per heavy atom. The zero-order chi connectivity index (χ0) is 13.1. The van der Waals surface area contributed by atoms with Gasteiger partial charge >= 0.3 is 0 Å². The molecule has 18 heavy (non-hydrogen) atoms. The quantitative estimate of drug-likeness (QED) is 0.878. The van der Waals surface area contributed by atoms with Crippen molar-refractivity contribution in [3.05, 3.63) is 30.1 Å². The van der Waals surface area contributed by atoms with Gasteiger partial charge in [-0.25, -0.2) is 4.98 Å². The van der Waals surface area contributed by atoms with Crippen molar-refractivity contribution in [2.24, 2.45) is 7.05 Å². The van der Waals surface area contributed by atoms with Crippen molar-refractivity contribution in [3.8, 4) is 0 Å². The van der Waals surface area contributed by atoms with E-state index in [4.69, 9.17) is 0 Å². The highest BCUT2D eigenvalue weighted by atomic mass is 16.1. The van der Waals surface area contributed by atoms with Crippen LogP contribution in [0.5, 0.6) is 0 Å². The summed E-state index contributed by atoms with van der Waals surface area (Å²) < 4.78 is 2.00. The number of carbonyl (C=O) groups excluding carboxylic acids is 1. The van der Waals surface area contributed by atoms with Crippen LogP contribution in [-0.4, -0.2) is 22.4 Å². The molecule has 1 aromatic carbocycles. The summed E-state index contributed by atoms with van der Waals surface area (Å²) in [6, 6.07) is 6.48. The predicted molar refractivity (Wildman–Crippen MR) is 72.4 cm³/mol. The summed E-state index contributed by atoms with van der Waals surface area (Å²) in [4.78, 5) is 15.4. The van der Waals surface area contributed by atoms with E-state index in [2.05, 4.69) is 28.5 Å². The molecular weight excluding hydrogens is 226 g/mol. The minimum Gasteiger partial charge on any atom is -0.334 e. The lowest BCUT2D eigenvalue weighted by Crippen LogP contribution is -2.17.